The van der Waals surface area contributed by atoms with Crippen molar-refractivity contribution in [2.45, 2.75) is 11.1 Å². The topological polar surface area (TPSA) is 53.5 Å². The maximum atomic E-state index is 12.5. The minimum absolute atomic E-state index is 0.189. The summed E-state index contributed by atoms with van der Waals surface area (Å²) in [7, 11) is 0. The number of hydrogen-bond acceptors (Lipinski definition) is 3. The van der Waals surface area contributed by atoms with Crippen LogP contribution in [0.15, 0.2) is 52.0 Å². The molecule has 0 spiro atoms. The fraction of sp³-hybridized carbons (Fsp3) is 0.111. The summed E-state index contributed by atoms with van der Waals surface area (Å²) in [5.41, 5.74) is 2.94. The van der Waals surface area contributed by atoms with E-state index in [1.54, 1.807) is 12.1 Å². The molecular formula is C18H11Cl3F3N3OS. The molecule has 1 heterocycles. The van der Waals surface area contributed by atoms with E-state index in [9.17, 15) is 18.0 Å². The molecule has 152 valence electrons. The number of carbonyl (C=O) groups is 1. The van der Waals surface area contributed by atoms with Crippen LogP contribution in [0.1, 0.15) is 11.1 Å². The first-order valence-corrected chi connectivity index (χ1v) is 10.1. The van der Waals surface area contributed by atoms with Gasteiger partial charge in [0.25, 0.3) is 0 Å². The molecule has 0 fully saturated rings. The zero-order valence-corrected chi connectivity index (χ0v) is 17.4. The van der Waals surface area contributed by atoms with Crippen LogP contribution in [0.5, 0.6) is 0 Å². The summed E-state index contributed by atoms with van der Waals surface area (Å²) in [5, 5.41) is 7.57. The first-order valence-electron chi connectivity index (χ1n) is 7.93. The van der Waals surface area contributed by atoms with Gasteiger partial charge in [-0.25, -0.2) is 10.2 Å². The number of carbonyl (C=O) groups excluding carboxylic acids is 1. The molecule has 0 radical (unpaired) electrons. The Balaban J connectivity index is 1.64. The fourth-order valence-electron chi connectivity index (χ4n) is 2.42. The van der Waals surface area contributed by atoms with Crippen LogP contribution in [0.25, 0.3) is 5.03 Å². The maximum Gasteiger partial charge on any atom is 0.416 e. The molecule has 0 atom stereocenters. The lowest BCUT2D eigenvalue weighted by molar-refractivity contribution is -0.137. The number of urea groups is 1. The number of rotatable bonds is 3. The Morgan fingerprint density at radius 1 is 1.14 bits per heavy atom. The van der Waals surface area contributed by atoms with Crippen LogP contribution < -0.4 is 10.7 Å². The predicted octanol–water partition coefficient (Wildman–Crippen LogP) is 6.88. The maximum absolute atomic E-state index is 12.5. The highest BCUT2D eigenvalue weighted by Crippen LogP contribution is 2.43. The van der Waals surface area contributed by atoms with E-state index in [1.807, 2.05) is 0 Å². The standard InChI is InChI=1S/C18H11Cl3F3N3OS/c19-11-5-13-15(21)9(8-29-16(13)14(20)6-11)7-25-27-17(28)26-12-3-1-10(2-4-12)18(22,23)24/h1-7H,8H2,(H2,26,27,28)/b25-7+. The van der Waals surface area contributed by atoms with Gasteiger partial charge in [0.2, 0.25) is 0 Å². The van der Waals surface area contributed by atoms with Gasteiger partial charge in [-0.1, -0.05) is 34.8 Å². The largest absolute Gasteiger partial charge is 0.416 e. The van der Waals surface area contributed by atoms with Crippen molar-refractivity contribution in [1.82, 2.24) is 5.43 Å². The molecule has 0 aromatic heterocycles. The molecule has 0 aliphatic carbocycles. The summed E-state index contributed by atoms with van der Waals surface area (Å²) in [4.78, 5) is 12.7. The molecule has 2 N–H and O–H groups in total. The molecule has 2 aromatic carbocycles. The van der Waals surface area contributed by atoms with Crippen molar-refractivity contribution in [2.75, 3.05) is 11.1 Å². The molecule has 2 aromatic rings. The van der Waals surface area contributed by atoms with Gasteiger partial charge in [-0.3, -0.25) is 0 Å². The molecule has 1 aliphatic heterocycles. The second kappa shape index (κ2) is 8.87. The molecule has 1 aliphatic rings. The van der Waals surface area contributed by atoms with E-state index >= 15 is 0 Å². The first kappa shape index (κ1) is 21.8. The zero-order valence-electron chi connectivity index (χ0n) is 14.3. The summed E-state index contributed by atoms with van der Waals surface area (Å²) in [5.74, 6) is 0.485. The molecule has 4 nitrogen and oxygen atoms in total. The minimum atomic E-state index is -4.44. The van der Waals surface area contributed by atoms with Crippen LogP contribution in [0.2, 0.25) is 10.0 Å². The van der Waals surface area contributed by atoms with Crippen molar-refractivity contribution < 1.29 is 18.0 Å². The summed E-state index contributed by atoms with van der Waals surface area (Å²) in [6, 6.07) is 6.64. The molecule has 0 saturated heterocycles. The number of hydrazone groups is 1. The van der Waals surface area contributed by atoms with Gasteiger partial charge in [0.05, 0.1) is 21.8 Å². The van der Waals surface area contributed by atoms with Crippen LogP contribution in [0.4, 0.5) is 23.7 Å². The van der Waals surface area contributed by atoms with Crippen LogP contribution in [0, 0.1) is 0 Å². The number of thioether (sulfide) groups is 1. The molecule has 3 rings (SSSR count). The van der Waals surface area contributed by atoms with Crippen LogP contribution in [-0.4, -0.2) is 18.0 Å². The monoisotopic (exact) mass is 479 g/mol. The lowest BCUT2D eigenvalue weighted by atomic mass is 10.1. The first-order chi connectivity index (χ1) is 13.6. The van der Waals surface area contributed by atoms with Crippen molar-refractivity contribution in [3.8, 4) is 0 Å². The Kier molecular flexibility index (Phi) is 6.68. The van der Waals surface area contributed by atoms with E-state index in [0.29, 0.717) is 32.0 Å². The minimum Gasteiger partial charge on any atom is -0.307 e. The van der Waals surface area contributed by atoms with Crippen molar-refractivity contribution in [2.24, 2.45) is 5.10 Å². The third-order valence-electron chi connectivity index (χ3n) is 3.76. The van der Waals surface area contributed by atoms with Crippen molar-refractivity contribution >= 4 is 69.5 Å². The third kappa shape index (κ3) is 5.39. The Morgan fingerprint density at radius 3 is 2.48 bits per heavy atom. The Labute approximate surface area is 183 Å². The molecular weight excluding hydrogens is 470 g/mol. The molecule has 2 amide bonds. The summed E-state index contributed by atoms with van der Waals surface area (Å²) < 4.78 is 37.6. The van der Waals surface area contributed by atoms with E-state index in [4.69, 9.17) is 34.8 Å². The summed E-state index contributed by atoms with van der Waals surface area (Å²) in [6.45, 7) is 0. The molecule has 0 unspecified atom stereocenters. The summed E-state index contributed by atoms with van der Waals surface area (Å²) >= 11 is 20.0. The number of nitrogens with zero attached hydrogens (tertiary/aromatic N) is 1. The van der Waals surface area contributed by atoms with Crippen LogP contribution in [0.3, 0.4) is 0 Å². The molecule has 0 saturated carbocycles. The van der Waals surface area contributed by atoms with Gasteiger partial charge < -0.3 is 5.32 Å². The van der Waals surface area contributed by atoms with Gasteiger partial charge in [-0.15, -0.1) is 11.8 Å². The highest BCUT2D eigenvalue weighted by atomic mass is 35.5. The average Bonchev–Trinajstić information content (AvgIpc) is 2.63. The molecule has 0 bridgehead atoms. The van der Waals surface area contributed by atoms with Gasteiger partial charge >= 0.3 is 12.2 Å². The molecule has 11 heteroatoms. The number of alkyl halides is 3. The normalized spacial score (nSPS) is 14.1. The number of nitrogens with one attached hydrogen (secondary N) is 2. The van der Waals surface area contributed by atoms with Gasteiger partial charge in [-0.2, -0.15) is 18.3 Å². The van der Waals surface area contributed by atoms with Crippen molar-refractivity contribution in [1.29, 1.82) is 0 Å². The predicted molar refractivity (Wildman–Crippen MR) is 112 cm³/mol. The number of anilines is 1. The van der Waals surface area contributed by atoms with E-state index in [0.717, 1.165) is 29.2 Å². The van der Waals surface area contributed by atoms with Crippen LogP contribution >= 0.6 is 46.6 Å². The van der Waals surface area contributed by atoms with Gasteiger partial charge in [0, 0.05) is 32.5 Å². The SMILES string of the molecule is O=C(N/N=C/C1=C(Cl)c2cc(Cl)cc(Cl)c2SC1)Nc1ccc(C(F)(F)F)cc1. The van der Waals surface area contributed by atoms with E-state index in [-0.39, 0.29) is 5.69 Å². The van der Waals surface area contributed by atoms with Gasteiger partial charge in [0.15, 0.2) is 0 Å². The average molecular weight is 481 g/mol. The van der Waals surface area contributed by atoms with E-state index < -0.39 is 17.8 Å². The van der Waals surface area contributed by atoms with Crippen LogP contribution in [-0.2, 0) is 6.18 Å². The smallest absolute Gasteiger partial charge is 0.307 e. The Hall–Kier alpha value is -1.87. The Morgan fingerprint density at radius 2 is 1.83 bits per heavy atom. The summed E-state index contributed by atoms with van der Waals surface area (Å²) in [6.07, 6.45) is -3.05. The highest BCUT2D eigenvalue weighted by Gasteiger charge is 2.30. The molecule has 29 heavy (non-hydrogen) atoms. The van der Waals surface area contributed by atoms with Gasteiger partial charge in [-0.05, 0) is 36.4 Å². The number of benzene rings is 2. The Bertz CT molecular complexity index is 1010. The third-order valence-corrected chi connectivity index (χ3v) is 6.01. The van der Waals surface area contributed by atoms with Crippen molar-refractivity contribution in [3.05, 3.63) is 63.1 Å². The number of amides is 2. The van der Waals surface area contributed by atoms with E-state index in [1.165, 1.54) is 18.0 Å². The van der Waals surface area contributed by atoms with Crippen molar-refractivity contribution in [3.63, 3.8) is 0 Å². The zero-order chi connectivity index (χ0) is 21.2. The fourth-order valence-corrected chi connectivity index (χ4v) is 4.51. The highest BCUT2D eigenvalue weighted by molar-refractivity contribution is 7.99. The lowest BCUT2D eigenvalue weighted by Crippen LogP contribution is -2.24. The second-order valence-electron chi connectivity index (χ2n) is 5.79. The van der Waals surface area contributed by atoms with Gasteiger partial charge in [0.1, 0.15) is 0 Å². The number of fused-ring (bicyclic) bond motifs is 1. The lowest BCUT2D eigenvalue weighted by Gasteiger charge is -2.18. The quantitative estimate of drug-likeness (QED) is 0.372. The second-order valence-corrected chi connectivity index (χ2v) is 8.00. The van der Waals surface area contributed by atoms with E-state index in [2.05, 4.69) is 15.8 Å². The number of halogens is 6. The number of hydrogen-bond donors (Lipinski definition) is 2.